The zero-order valence-corrected chi connectivity index (χ0v) is 17.8. The van der Waals surface area contributed by atoms with Crippen LogP contribution in [0, 0.1) is 22.9 Å². The monoisotopic (exact) mass is 438 g/mol. The standard InChI is InChI=1S/C21H25F3N4O3/c1-21(2,3)17(20(30)31)26-19(29)16-15-10-27(4)6-5-7-28(15)18(25-16)11-8-13(23)14(24)9-12(11)22/h8-9,17H,5-7,10H2,1-4H3,(H,26,29)(H,30,31)/t17-/m1/s1. The van der Waals surface area contributed by atoms with Crippen LogP contribution in [0.25, 0.3) is 11.4 Å². The maximum atomic E-state index is 14.5. The Labute approximate surface area is 177 Å². The molecule has 0 saturated heterocycles. The summed E-state index contributed by atoms with van der Waals surface area (Å²) >= 11 is 0. The minimum atomic E-state index is -1.32. The summed E-state index contributed by atoms with van der Waals surface area (Å²) in [4.78, 5) is 30.9. The Kier molecular flexibility index (Phi) is 6.13. The number of carboxylic acid groups (broad SMARTS) is 1. The largest absolute Gasteiger partial charge is 0.480 e. The van der Waals surface area contributed by atoms with E-state index in [1.807, 2.05) is 11.9 Å². The summed E-state index contributed by atoms with van der Waals surface area (Å²) in [5, 5.41) is 12.0. The Balaban J connectivity index is 2.13. The number of halogens is 3. The number of nitrogens with one attached hydrogen (secondary N) is 1. The minimum absolute atomic E-state index is 0.00511. The molecule has 3 rings (SSSR count). The second-order valence-electron chi connectivity index (χ2n) is 8.83. The smallest absolute Gasteiger partial charge is 0.326 e. The van der Waals surface area contributed by atoms with Crippen LogP contribution in [0.5, 0.6) is 0 Å². The third kappa shape index (κ3) is 4.58. The molecule has 1 amide bonds. The molecule has 0 aliphatic carbocycles. The lowest BCUT2D eigenvalue weighted by Crippen LogP contribution is -2.49. The van der Waals surface area contributed by atoms with Crippen molar-refractivity contribution in [1.29, 1.82) is 0 Å². The van der Waals surface area contributed by atoms with E-state index in [0.717, 1.165) is 0 Å². The molecular weight excluding hydrogens is 413 g/mol. The number of benzene rings is 1. The van der Waals surface area contributed by atoms with Crippen molar-refractivity contribution in [3.63, 3.8) is 0 Å². The van der Waals surface area contributed by atoms with E-state index in [1.54, 1.807) is 25.3 Å². The van der Waals surface area contributed by atoms with Crippen molar-refractivity contribution in [3.8, 4) is 11.4 Å². The summed E-state index contributed by atoms with van der Waals surface area (Å²) in [6.07, 6.45) is 0.666. The van der Waals surface area contributed by atoms with Crippen molar-refractivity contribution >= 4 is 11.9 Å². The number of aliphatic carboxylic acids is 1. The van der Waals surface area contributed by atoms with Crippen molar-refractivity contribution in [3.05, 3.63) is 41.0 Å². The first-order valence-electron chi connectivity index (χ1n) is 9.86. The van der Waals surface area contributed by atoms with Gasteiger partial charge in [-0.3, -0.25) is 4.79 Å². The zero-order chi connectivity index (χ0) is 23.1. The van der Waals surface area contributed by atoms with Gasteiger partial charge in [-0.15, -0.1) is 0 Å². The fourth-order valence-electron chi connectivity index (χ4n) is 3.65. The number of fused-ring (bicyclic) bond motifs is 1. The summed E-state index contributed by atoms with van der Waals surface area (Å²) in [7, 11) is 1.84. The fourth-order valence-corrected chi connectivity index (χ4v) is 3.65. The maximum absolute atomic E-state index is 14.5. The molecule has 168 valence electrons. The van der Waals surface area contributed by atoms with Gasteiger partial charge in [0.15, 0.2) is 17.3 Å². The van der Waals surface area contributed by atoms with Gasteiger partial charge >= 0.3 is 5.97 Å². The summed E-state index contributed by atoms with van der Waals surface area (Å²) < 4.78 is 43.4. The van der Waals surface area contributed by atoms with Crippen molar-refractivity contribution in [1.82, 2.24) is 19.8 Å². The molecule has 0 unspecified atom stereocenters. The van der Waals surface area contributed by atoms with Gasteiger partial charge in [0.2, 0.25) is 0 Å². The highest BCUT2D eigenvalue weighted by Gasteiger charge is 2.35. The van der Waals surface area contributed by atoms with Crippen molar-refractivity contribution in [2.45, 2.75) is 46.3 Å². The van der Waals surface area contributed by atoms with Crippen LogP contribution < -0.4 is 5.32 Å². The molecule has 1 aliphatic rings. The predicted molar refractivity (Wildman–Crippen MR) is 107 cm³/mol. The highest BCUT2D eigenvalue weighted by molar-refractivity contribution is 5.97. The number of carbonyl (C=O) groups excluding carboxylic acids is 1. The highest BCUT2D eigenvalue weighted by atomic mass is 19.2. The lowest BCUT2D eigenvalue weighted by molar-refractivity contribution is -0.142. The predicted octanol–water partition coefficient (Wildman–Crippen LogP) is 3.03. The van der Waals surface area contributed by atoms with Crippen LogP contribution in [0.1, 0.15) is 43.4 Å². The first-order chi connectivity index (χ1) is 14.4. The number of nitrogens with zero attached hydrogens (tertiary/aromatic N) is 3. The van der Waals surface area contributed by atoms with Crippen molar-refractivity contribution in [2.75, 3.05) is 13.6 Å². The van der Waals surface area contributed by atoms with E-state index in [2.05, 4.69) is 10.3 Å². The van der Waals surface area contributed by atoms with E-state index in [9.17, 15) is 27.9 Å². The van der Waals surface area contributed by atoms with Crippen LogP contribution in [-0.2, 0) is 17.9 Å². The van der Waals surface area contributed by atoms with Gasteiger partial charge in [-0.05, 0) is 31.5 Å². The molecule has 1 aliphatic heterocycles. The summed E-state index contributed by atoms with van der Waals surface area (Å²) in [6.45, 7) is 6.41. The number of hydrogen-bond acceptors (Lipinski definition) is 4. The third-order valence-corrected chi connectivity index (χ3v) is 5.27. The molecule has 7 nitrogen and oxygen atoms in total. The van der Waals surface area contributed by atoms with Gasteiger partial charge in [0.25, 0.3) is 5.91 Å². The lowest BCUT2D eigenvalue weighted by Gasteiger charge is -2.27. The first-order valence-corrected chi connectivity index (χ1v) is 9.86. The Morgan fingerprint density at radius 3 is 2.39 bits per heavy atom. The summed E-state index contributed by atoms with van der Waals surface area (Å²) in [5.74, 6) is -5.49. The number of amides is 1. The Morgan fingerprint density at radius 1 is 1.13 bits per heavy atom. The lowest BCUT2D eigenvalue weighted by atomic mass is 9.86. The van der Waals surface area contributed by atoms with E-state index in [4.69, 9.17) is 0 Å². The maximum Gasteiger partial charge on any atom is 0.326 e. The quantitative estimate of drug-likeness (QED) is 0.717. The topological polar surface area (TPSA) is 87.5 Å². The molecule has 0 fully saturated rings. The molecule has 10 heteroatoms. The first kappa shape index (κ1) is 22.8. The molecule has 2 heterocycles. The van der Waals surface area contributed by atoms with E-state index in [-0.39, 0.29) is 17.1 Å². The minimum Gasteiger partial charge on any atom is -0.480 e. The van der Waals surface area contributed by atoms with Crippen LogP contribution in [0.15, 0.2) is 12.1 Å². The van der Waals surface area contributed by atoms with Gasteiger partial charge in [-0.1, -0.05) is 20.8 Å². The number of rotatable bonds is 4. The second kappa shape index (κ2) is 8.33. The Hall–Kier alpha value is -2.88. The normalized spacial score (nSPS) is 15.8. The number of hydrogen-bond donors (Lipinski definition) is 2. The zero-order valence-electron chi connectivity index (χ0n) is 17.8. The molecule has 0 saturated carbocycles. The fraction of sp³-hybridized carbons (Fsp3) is 0.476. The molecule has 2 aromatic rings. The van der Waals surface area contributed by atoms with Crippen LogP contribution >= 0.6 is 0 Å². The molecule has 0 spiro atoms. The molecule has 0 bridgehead atoms. The van der Waals surface area contributed by atoms with Gasteiger partial charge in [-0.2, -0.15) is 0 Å². The molecule has 2 N–H and O–H groups in total. The van der Waals surface area contributed by atoms with E-state index in [0.29, 0.717) is 43.9 Å². The van der Waals surface area contributed by atoms with Gasteiger partial charge in [-0.25, -0.2) is 22.9 Å². The number of carboxylic acids is 1. The van der Waals surface area contributed by atoms with Crippen LogP contribution in [0.3, 0.4) is 0 Å². The Morgan fingerprint density at radius 2 is 1.77 bits per heavy atom. The van der Waals surface area contributed by atoms with Crippen LogP contribution in [-0.4, -0.2) is 51.1 Å². The number of carbonyl (C=O) groups is 2. The van der Waals surface area contributed by atoms with Gasteiger partial charge in [0.1, 0.15) is 17.7 Å². The summed E-state index contributed by atoms with van der Waals surface area (Å²) in [6, 6.07) is -0.0370. The third-order valence-electron chi connectivity index (χ3n) is 5.27. The average molecular weight is 438 g/mol. The van der Waals surface area contributed by atoms with Gasteiger partial charge in [0.05, 0.1) is 11.3 Å². The molecule has 1 atom stereocenters. The Bertz CT molecular complexity index is 1030. The molecule has 31 heavy (non-hydrogen) atoms. The van der Waals surface area contributed by atoms with E-state index in [1.165, 1.54) is 0 Å². The van der Waals surface area contributed by atoms with Crippen molar-refractivity contribution < 1.29 is 27.9 Å². The number of aromatic nitrogens is 2. The van der Waals surface area contributed by atoms with Crippen LogP contribution in [0.4, 0.5) is 13.2 Å². The molecule has 0 radical (unpaired) electrons. The second-order valence-corrected chi connectivity index (χ2v) is 8.83. The number of imidazole rings is 1. The highest BCUT2D eigenvalue weighted by Crippen LogP contribution is 2.30. The van der Waals surface area contributed by atoms with Gasteiger partial charge < -0.3 is 19.9 Å². The summed E-state index contributed by atoms with van der Waals surface area (Å²) in [5.41, 5.74) is -0.656. The molecular formula is C21H25F3N4O3. The molecule has 1 aromatic heterocycles. The van der Waals surface area contributed by atoms with Crippen molar-refractivity contribution in [2.24, 2.45) is 5.41 Å². The van der Waals surface area contributed by atoms with E-state index >= 15 is 0 Å². The van der Waals surface area contributed by atoms with Crippen LogP contribution in [0.2, 0.25) is 0 Å². The SMILES string of the molecule is CN1CCCn2c(-c3cc(F)c(F)cc3F)nc(C(=O)N[C@H](C(=O)O)C(C)(C)C)c2C1. The van der Waals surface area contributed by atoms with E-state index < -0.39 is 40.8 Å². The molecule has 1 aromatic carbocycles. The van der Waals surface area contributed by atoms with Gasteiger partial charge in [0, 0.05) is 19.2 Å². The average Bonchev–Trinajstić information content (AvgIpc) is 2.87.